The van der Waals surface area contributed by atoms with E-state index in [0.29, 0.717) is 10.8 Å². The number of thiazole rings is 1. The minimum absolute atomic E-state index is 0.0400. The molecule has 0 saturated carbocycles. The third-order valence-corrected chi connectivity index (χ3v) is 3.87. The van der Waals surface area contributed by atoms with Crippen LogP contribution < -0.4 is 10.6 Å². The van der Waals surface area contributed by atoms with Crippen molar-refractivity contribution in [3.63, 3.8) is 0 Å². The van der Waals surface area contributed by atoms with Crippen LogP contribution in [0.4, 0.5) is 29.7 Å². The van der Waals surface area contributed by atoms with Gasteiger partial charge in [-0.3, -0.25) is 9.78 Å². The van der Waals surface area contributed by atoms with Gasteiger partial charge in [0.25, 0.3) is 0 Å². The molecule has 2 aromatic heterocycles. The number of pyridine rings is 1. The molecule has 1 amide bonds. The maximum absolute atomic E-state index is 12.3. The molecule has 0 bridgehead atoms. The Labute approximate surface area is 144 Å². The van der Waals surface area contributed by atoms with Gasteiger partial charge in [0, 0.05) is 34.7 Å². The van der Waals surface area contributed by atoms with Crippen molar-refractivity contribution in [3.05, 3.63) is 54.2 Å². The van der Waals surface area contributed by atoms with Crippen LogP contribution in [0.1, 0.15) is 0 Å². The predicted octanol–water partition coefficient (Wildman–Crippen LogP) is 4.45. The molecule has 1 aromatic carbocycles. The standard InChI is InChI=1S/C16H11F3N4OS/c17-16(18,19)14(24)21-11-2-1-3-12(8-11)22-15-23-13(9-25-15)10-4-6-20-7-5-10/h1-9H,(H,21,24)(H,22,23). The second kappa shape index (κ2) is 6.89. The number of rotatable bonds is 4. The maximum Gasteiger partial charge on any atom is 0.471 e. The van der Waals surface area contributed by atoms with Crippen LogP contribution in [0.5, 0.6) is 0 Å². The van der Waals surface area contributed by atoms with Crippen LogP contribution in [0.3, 0.4) is 0 Å². The number of anilines is 3. The van der Waals surface area contributed by atoms with Crippen LogP contribution in [0.2, 0.25) is 0 Å². The Morgan fingerprint density at radius 1 is 1.08 bits per heavy atom. The minimum atomic E-state index is -4.93. The van der Waals surface area contributed by atoms with Crippen molar-refractivity contribution in [2.75, 3.05) is 10.6 Å². The van der Waals surface area contributed by atoms with E-state index in [9.17, 15) is 18.0 Å². The zero-order chi connectivity index (χ0) is 17.9. The van der Waals surface area contributed by atoms with Gasteiger partial charge in [-0.1, -0.05) is 6.07 Å². The first kappa shape index (κ1) is 16.9. The van der Waals surface area contributed by atoms with Gasteiger partial charge in [-0.15, -0.1) is 11.3 Å². The summed E-state index contributed by atoms with van der Waals surface area (Å²) in [5, 5.41) is 7.25. The Bertz CT molecular complexity index is 880. The number of halogens is 3. The quantitative estimate of drug-likeness (QED) is 0.718. The highest BCUT2D eigenvalue weighted by Gasteiger charge is 2.38. The van der Waals surface area contributed by atoms with Gasteiger partial charge in [0.05, 0.1) is 5.69 Å². The van der Waals surface area contributed by atoms with E-state index in [4.69, 9.17) is 0 Å². The number of nitrogens with one attached hydrogen (secondary N) is 2. The number of amides is 1. The number of hydrogen-bond acceptors (Lipinski definition) is 5. The molecule has 128 valence electrons. The van der Waals surface area contributed by atoms with E-state index in [2.05, 4.69) is 15.3 Å². The van der Waals surface area contributed by atoms with Crippen molar-refractivity contribution in [3.8, 4) is 11.3 Å². The summed E-state index contributed by atoms with van der Waals surface area (Å²) in [5.41, 5.74) is 2.22. The summed E-state index contributed by atoms with van der Waals surface area (Å²) in [6, 6.07) is 9.62. The highest BCUT2D eigenvalue weighted by molar-refractivity contribution is 7.14. The van der Waals surface area contributed by atoms with Gasteiger partial charge in [0.2, 0.25) is 0 Å². The van der Waals surface area contributed by atoms with Crippen LogP contribution in [0.25, 0.3) is 11.3 Å². The fraction of sp³-hybridized carbons (Fsp3) is 0.0625. The van der Waals surface area contributed by atoms with E-state index < -0.39 is 12.1 Å². The molecule has 0 saturated heterocycles. The van der Waals surface area contributed by atoms with Crippen molar-refractivity contribution in [2.45, 2.75) is 6.18 Å². The third-order valence-electron chi connectivity index (χ3n) is 3.11. The first-order chi connectivity index (χ1) is 11.9. The topological polar surface area (TPSA) is 66.9 Å². The van der Waals surface area contributed by atoms with Gasteiger partial charge < -0.3 is 10.6 Å². The fourth-order valence-corrected chi connectivity index (χ4v) is 2.73. The molecule has 0 unspecified atom stereocenters. The van der Waals surface area contributed by atoms with E-state index in [1.54, 1.807) is 18.5 Å². The molecule has 25 heavy (non-hydrogen) atoms. The molecule has 0 atom stereocenters. The van der Waals surface area contributed by atoms with E-state index in [1.165, 1.54) is 29.5 Å². The summed E-state index contributed by atoms with van der Waals surface area (Å²) < 4.78 is 36.9. The van der Waals surface area contributed by atoms with Gasteiger partial charge >= 0.3 is 12.1 Å². The lowest BCUT2D eigenvalue weighted by atomic mass is 10.2. The smallest absolute Gasteiger partial charge is 0.331 e. The number of alkyl halides is 3. The van der Waals surface area contributed by atoms with Crippen LogP contribution in [-0.2, 0) is 4.79 Å². The van der Waals surface area contributed by atoms with E-state index >= 15 is 0 Å². The Kier molecular flexibility index (Phi) is 4.66. The zero-order valence-corrected chi connectivity index (χ0v) is 13.4. The summed E-state index contributed by atoms with van der Waals surface area (Å²) in [6.45, 7) is 0. The van der Waals surface area contributed by atoms with Crippen LogP contribution in [0, 0.1) is 0 Å². The molecule has 2 N–H and O–H groups in total. The van der Waals surface area contributed by atoms with Gasteiger partial charge in [-0.2, -0.15) is 13.2 Å². The molecule has 2 heterocycles. The van der Waals surface area contributed by atoms with Crippen LogP contribution in [0.15, 0.2) is 54.2 Å². The summed E-state index contributed by atoms with van der Waals surface area (Å²) in [7, 11) is 0. The number of aromatic nitrogens is 2. The fourth-order valence-electron chi connectivity index (χ4n) is 1.99. The van der Waals surface area contributed by atoms with Gasteiger partial charge in [0.1, 0.15) is 0 Å². The second-order valence-corrected chi connectivity index (χ2v) is 5.79. The van der Waals surface area contributed by atoms with Crippen LogP contribution >= 0.6 is 11.3 Å². The van der Waals surface area contributed by atoms with Crippen molar-refractivity contribution in [1.82, 2.24) is 9.97 Å². The number of hydrogen-bond donors (Lipinski definition) is 2. The monoisotopic (exact) mass is 364 g/mol. The number of nitrogens with zero attached hydrogens (tertiary/aromatic N) is 2. The Morgan fingerprint density at radius 2 is 1.80 bits per heavy atom. The number of benzene rings is 1. The normalized spacial score (nSPS) is 11.2. The van der Waals surface area contributed by atoms with Gasteiger partial charge in [0.15, 0.2) is 5.13 Å². The molecule has 9 heteroatoms. The summed E-state index contributed by atoms with van der Waals surface area (Å²) in [5.74, 6) is -2.01. The average molecular weight is 364 g/mol. The minimum Gasteiger partial charge on any atom is -0.331 e. The first-order valence-corrected chi connectivity index (χ1v) is 7.91. The molecular weight excluding hydrogens is 353 g/mol. The molecule has 0 fully saturated rings. The van der Waals surface area contributed by atoms with E-state index in [0.717, 1.165) is 11.3 Å². The lowest BCUT2D eigenvalue weighted by molar-refractivity contribution is -0.167. The Morgan fingerprint density at radius 3 is 2.52 bits per heavy atom. The highest BCUT2D eigenvalue weighted by Crippen LogP contribution is 2.28. The molecule has 5 nitrogen and oxygen atoms in total. The van der Waals surface area contributed by atoms with Crippen molar-refractivity contribution in [2.24, 2.45) is 0 Å². The number of carbonyl (C=O) groups excluding carboxylic acids is 1. The summed E-state index contributed by atoms with van der Waals surface area (Å²) in [6.07, 6.45) is -1.61. The molecule has 3 aromatic rings. The Balaban J connectivity index is 1.73. The van der Waals surface area contributed by atoms with E-state index in [1.807, 2.05) is 22.8 Å². The molecule has 3 rings (SSSR count). The van der Waals surface area contributed by atoms with Crippen molar-refractivity contribution < 1.29 is 18.0 Å². The second-order valence-electron chi connectivity index (χ2n) is 4.93. The van der Waals surface area contributed by atoms with Gasteiger partial charge in [-0.25, -0.2) is 4.98 Å². The predicted molar refractivity (Wildman–Crippen MR) is 89.8 cm³/mol. The molecule has 0 radical (unpaired) electrons. The zero-order valence-electron chi connectivity index (χ0n) is 12.5. The molecular formula is C16H11F3N4OS. The third kappa shape index (κ3) is 4.32. The lowest BCUT2D eigenvalue weighted by Gasteiger charge is -2.09. The Hall–Kier alpha value is -2.94. The number of carbonyl (C=O) groups is 1. The summed E-state index contributed by atoms with van der Waals surface area (Å²) in [4.78, 5) is 19.4. The maximum atomic E-state index is 12.3. The van der Waals surface area contributed by atoms with Crippen molar-refractivity contribution >= 4 is 33.8 Å². The lowest BCUT2D eigenvalue weighted by Crippen LogP contribution is -2.29. The average Bonchev–Trinajstić information content (AvgIpc) is 3.03. The molecule has 0 aliphatic heterocycles. The summed E-state index contributed by atoms with van der Waals surface area (Å²) >= 11 is 1.35. The molecule has 0 spiro atoms. The molecule has 0 aliphatic rings. The van der Waals surface area contributed by atoms with Crippen LogP contribution in [-0.4, -0.2) is 22.1 Å². The first-order valence-electron chi connectivity index (χ1n) is 7.03. The van der Waals surface area contributed by atoms with E-state index in [-0.39, 0.29) is 5.69 Å². The largest absolute Gasteiger partial charge is 0.471 e. The van der Waals surface area contributed by atoms with Crippen molar-refractivity contribution in [1.29, 1.82) is 0 Å². The SMILES string of the molecule is O=C(Nc1cccc(Nc2nc(-c3ccncc3)cs2)c1)C(F)(F)F. The molecule has 0 aliphatic carbocycles. The van der Waals surface area contributed by atoms with Gasteiger partial charge in [-0.05, 0) is 30.3 Å². The highest BCUT2D eigenvalue weighted by atomic mass is 32.1.